The Labute approximate surface area is 549 Å². The second-order valence-corrected chi connectivity index (χ2v) is 29.3. The number of phosphoric ester groups is 2. The SMILES string of the molecule is CCCCCCCCCCCCCCC(=O)OC[C@H](COP(=O)(O)OC[C@@H](O)COP(=O)(O)OC[C@@H](COC(=O)CCCCCCC)OC(=O)CCCCCCCCCCC(C)C)OC(=O)CCCCCCCCCCCCCCCCCCCCC(C)CC. The van der Waals surface area contributed by atoms with Gasteiger partial charge in [0.25, 0.3) is 0 Å². The van der Waals surface area contributed by atoms with Crippen LogP contribution in [0.15, 0.2) is 0 Å². The summed E-state index contributed by atoms with van der Waals surface area (Å²) in [7, 11) is -9.89. The highest BCUT2D eigenvalue weighted by molar-refractivity contribution is 7.47. The number of hydrogen-bond acceptors (Lipinski definition) is 15. The van der Waals surface area contributed by atoms with Crippen molar-refractivity contribution in [3.05, 3.63) is 0 Å². The topological polar surface area (TPSA) is 237 Å². The van der Waals surface area contributed by atoms with Crippen molar-refractivity contribution in [2.75, 3.05) is 39.6 Å². The van der Waals surface area contributed by atoms with Crippen LogP contribution in [-0.4, -0.2) is 96.7 Å². The third-order valence-electron chi connectivity index (χ3n) is 16.8. The minimum atomic E-state index is -4.95. The molecule has 0 aliphatic carbocycles. The second kappa shape index (κ2) is 63.1. The molecule has 90 heavy (non-hydrogen) atoms. The van der Waals surface area contributed by atoms with Gasteiger partial charge in [0.1, 0.15) is 19.3 Å². The van der Waals surface area contributed by atoms with E-state index in [4.69, 9.17) is 37.0 Å². The molecule has 3 N–H and O–H groups in total. The molecule has 0 fully saturated rings. The maximum Gasteiger partial charge on any atom is 0.472 e. The fourth-order valence-electron chi connectivity index (χ4n) is 10.7. The number of unbranched alkanes of at least 4 members (excludes halogenated alkanes) is 39. The van der Waals surface area contributed by atoms with Gasteiger partial charge >= 0.3 is 39.5 Å². The van der Waals surface area contributed by atoms with Crippen LogP contribution in [0.2, 0.25) is 0 Å². The van der Waals surface area contributed by atoms with Crippen molar-refractivity contribution in [1.29, 1.82) is 0 Å². The Hall–Kier alpha value is -1.94. The standard InChI is InChI=1S/C71H138O17P2/c1-7-10-12-14-15-16-17-27-30-36-42-48-54-69(74)82-60-67(88-70(75)55-49-43-37-31-28-25-23-21-19-18-20-22-24-26-29-35-41-46-52-64(6)9-3)62-86-90(79,80)84-58-65(72)57-83-89(77,78)85-61-66(59-81-68(73)53-47-39-13-11-8-2)87-71(76)56-50-44-38-33-32-34-40-45-51-63(4)5/h63-67,72H,7-62H2,1-6H3,(H,77,78)(H,79,80)/t64?,65-,66+,67+/m0/s1. The molecule has 17 nitrogen and oxygen atoms in total. The van der Waals surface area contributed by atoms with Crippen LogP contribution in [0, 0.1) is 11.8 Å². The number of carbonyl (C=O) groups excluding carboxylic acids is 4. The lowest BCUT2D eigenvalue weighted by atomic mass is 9.99. The highest BCUT2D eigenvalue weighted by Crippen LogP contribution is 2.45. The minimum absolute atomic E-state index is 0.104. The molecule has 19 heteroatoms. The molecule has 0 amide bonds. The third-order valence-corrected chi connectivity index (χ3v) is 18.7. The highest BCUT2D eigenvalue weighted by Gasteiger charge is 2.30. The van der Waals surface area contributed by atoms with Crippen LogP contribution in [0.4, 0.5) is 0 Å². The first kappa shape index (κ1) is 88.1. The molecule has 534 valence electrons. The first-order chi connectivity index (χ1) is 43.4. The summed E-state index contributed by atoms with van der Waals surface area (Å²) in [5.41, 5.74) is 0. The number of carbonyl (C=O) groups is 4. The predicted octanol–water partition coefficient (Wildman–Crippen LogP) is 20.4. The van der Waals surface area contributed by atoms with Gasteiger partial charge in [0.05, 0.1) is 26.4 Å². The summed E-state index contributed by atoms with van der Waals surface area (Å²) in [5.74, 6) is -0.546. The Balaban J connectivity index is 5.09. The van der Waals surface area contributed by atoms with E-state index in [1.807, 2.05) is 0 Å². The quantitative estimate of drug-likeness (QED) is 0.0222. The molecule has 0 heterocycles. The van der Waals surface area contributed by atoms with Gasteiger partial charge in [0.15, 0.2) is 12.2 Å². The van der Waals surface area contributed by atoms with E-state index in [1.165, 1.54) is 173 Å². The molecule has 0 aromatic heterocycles. The zero-order valence-corrected chi connectivity index (χ0v) is 60.2. The molecule has 0 bridgehead atoms. The van der Waals surface area contributed by atoms with Crippen LogP contribution < -0.4 is 0 Å². The van der Waals surface area contributed by atoms with E-state index in [0.717, 1.165) is 108 Å². The van der Waals surface area contributed by atoms with E-state index in [0.29, 0.717) is 25.7 Å². The molecule has 0 spiro atoms. The van der Waals surface area contributed by atoms with Crippen LogP contribution in [-0.2, 0) is 65.4 Å². The average molecular weight is 1330 g/mol. The number of aliphatic hydroxyl groups is 1. The summed E-state index contributed by atoms with van der Waals surface area (Å²) < 4.78 is 68.0. The van der Waals surface area contributed by atoms with E-state index in [9.17, 15) is 43.2 Å². The van der Waals surface area contributed by atoms with Crippen molar-refractivity contribution in [2.24, 2.45) is 11.8 Å². The lowest BCUT2D eigenvalue weighted by Gasteiger charge is -2.21. The van der Waals surface area contributed by atoms with Crippen molar-refractivity contribution in [3.8, 4) is 0 Å². The van der Waals surface area contributed by atoms with Gasteiger partial charge in [-0.15, -0.1) is 0 Å². The smallest absolute Gasteiger partial charge is 0.462 e. The number of rotatable bonds is 70. The number of hydrogen-bond donors (Lipinski definition) is 3. The Morgan fingerprint density at radius 3 is 0.844 bits per heavy atom. The highest BCUT2D eigenvalue weighted by atomic mass is 31.2. The van der Waals surface area contributed by atoms with Gasteiger partial charge in [-0.3, -0.25) is 37.3 Å². The minimum Gasteiger partial charge on any atom is -0.462 e. The summed E-state index contributed by atoms with van der Waals surface area (Å²) in [6, 6.07) is 0. The molecular formula is C71H138O17P2. The molecule has 0 aromatic carbocycles. The lowest BCUT2D eigenvalue weighted by Crippen LogP contribution is -2.30. The van der Waals surface area contributed by atoms with Gasteiger partial charge in [0, 0.05) is 25.7 Å². The molecule has 0 radical (unpaired) electrons. The number of esters is 4. The Morgan fingerprint density at radius 1 is 0.322 bits per heavy atom. The fraction of sp³-hybridized carbons (Fsp3) is 0.944. The largest absolute Gasteiger partial charge is 0.472 e. The predicted molar refractivity (Wildman–Crippen MR) is 363 cm³/mol. The number of ether oxygens (including phenoxy) is 4. The van der Waals surface area contributed by atoms with Crippen molar-refractivity contribution in [3.63, 3.8) is 0 Å². The van der Waals surface area contributed by atoms with E-state index < -0.39 is 97.5 Å². The van der Waals surface area contributed by atoms with Gasteiger partial charge < -0.3 is 33.8 Å². The van der Waals surface area contributed by atoms with Crippen LogP contribution in [0.5, 0.6) is 0 Å². The molecule has 6 atom stereocenters. The maximum atomic E-state index is 13.0. The van der Waals surface area contributed by atoms with Crippen molar-refractivity contribution >= 4 is 39.5 Å². The molecular weight excluding hydrogens is 1190 g/mol. The number of phosphoric acid groups is 2. The van der Waals surface area contributed by atoms with Crippen molar-refractivity contribution in [2.45, 2.75) is 381 Å². The molecule has 0 aliphatic rings. The normalized spacial score (nSPS) is 14.4. The Kier molecular flexibility index (Phi) is 61.8. The first-order valence-corrected chi connectivity index (χ1v) is 40.0. The second-order valence-electron chi connectivity index (χ2n) is 26.3. The van der Waals surface area contributed by atoms with Crippen molar-refractivity contribution < 1.29 is 80.2 Å². The average Bonchev–Trinajstić information content (AvgIpc) is 1.92. The van der Waals surface area contributed by atoms with E-state index in [1.54, 1.807) is 0 Å². The van der Waals surface area contributed by atoms with Crippen LogP contribution >= 0.6 is 15.6 Å². The van der Waals surface area contributed by atoms with Crippen molar-refractivity contribution in [1.82, 2.24) is 0 Å². The summed E-state index contributed by atoms with van der Waals surface area (Å²) >= 11 is 0. The summed E-state index contributed by atoms with van der Waals surface area (Å²) in [5, 5.41) is 10.6. The lowest BCUT2D eigenvalue weighted by molar-refractivity contribution is -0.161. The first-order valence-electron chi connectivity index (χ1n) is 37.0. The number of aliphatic hydroxyl groups excluding tert-OH is 1. The van der Waals surface area contributed by atoms with E-state index >= 15 is 0 Å². The van der Waals surface area contributed by atoms with Gasteiger partial charge in [-0.1, -0.05) is 311 Å². The Bertz CT molecular complexity index is 1750. The molecule has 0 aromatic rings. The third kappa shape index (κ3) is 63.5. The summed E-state index contributed by atoms with van der Waals surface area (Å²) in [6.45, 7) is 9.48. The van der Waals surface area contributed by atoms with Crippen LogP contribution in [0.1, 0.15) is 363 Å². The molecule has 0 saturated heterocycles. The molecule has 0 aliphatic heterocycles. The zero-order valence-electron chi connectivity index (χ0n) is 58.4. The zero-order chi connectivity index (χ0) is 66.5. The Morgan fingerprint density at radius 2 is 0.567 bits per heavy atom. The molecule has 0 saturated carbocycles. The summed E-state index contributed by atoms with van der Waals surface area (Å²) in [6.07, 6.45) is 49.1. The van der Waals surface area contributed by atoms with Crippen LogP contribution in [0.25, 0.3) is 0 Å². The molecule has 3 unspecified atom stereocenters. The maximum absolute atomic E-state index is 13.0. The van der Waals surface area contributed by atoms with Gasteiger partial charge in [-0.25, -0.2) is 9.13 Å². The fourth-order valence-corrected chi connectivity index (χ4v) is 12.3. The summed E-state index contributed by atoms with van der Waals surface area (Å²) in [4.78, 5) is 72.2. The van der Waals surface area contributed by atoms with E-state index in [2.05, 4.69) is 41.5 Å². The van der Waals surface area contributed by atoms with Crippen LogP contribution in [0.3, 0.4) is 0 Å². The monoisotopic (exact) mass is 1320 g/mol. The van der Waals surface area contributed by atoms with Gasteiger partial charge in [-0.2, -0.15) is 0 Å². The van der Waals surface area contributed by atoms with Gasteiger partial charge in [0.2, 0.25) is 0 Å². The van der Waals surface area contributed by atoms with Gasteiger partial charge in [-0.05, 0) is 37.5 Å². The van der Waals surface area contributed by atoms with E-state index in [-0.39, 0.29) is 25.7 Å². The molecule has 0 rings (SSSR count).